The fraction of sp³-hybridized carbons (Fsp3) is 0.917. The number of rotatable bonds is 6. The van der Waals surface area contributed by atoms with Crippen LogP contribution in [-0.2, 0) is 4.79 Å². The van der Waals surface area contributed by atoms with Crippen molar-refractivity contribution >= 4 is 5.91 Å². The molecule has 2 saturated carbocycles. The van der Waals surface area contributed by atoms with Crippen LogP contribution in [0.25, 0.3) is 0 Å². The van der Waals surface area contributed by atoms with Gasteiger partial charge in [-0.05, 0) is 50.5 Å². The van der Waals surface area contributed by atoms with Gasteiger partial charge in [0.25, 0.3) is 0 Å². The second kappa shape index (κ2) is 4.52. The number of nitrogens with two attached hydrogens (primary N) is 1. The summed E-state index contributed by atoms with van der Waals surface area (Å²) in [4.78, 5) is 13.9. The van der Waals surface area contributed by atoms with Gasteiger partial charge in [0.05, 0.1) is 0 Å². The lowest BCUT2D eigenvalue weighted by Gasteiger charge is -2.28. The highest BCUT2D eigenvalue weighted by atomic mass is 16.2. The Balaban J connectivity index is 1.85. The van der Waals surface area contributed by atoms with Gasteiger partial charge in [0.2, 0.25) is 5.91 Å². The first-order valence-corrected chi connectivity index (χ1v) is 6.19. The molecule has 86 valence electrons. The highest BCUT2D eigenvalue weighted by Crippen LogP contribution is 2.46. The van der Waals surface area contributed by atoms with Crippen LogP contribution in [0.1, 0.15) is 38.5 Å². The van der Waals surface area contributed by atoms with Crippen molar-refractivity contribution in [2.24, 2.45) is 17.6 Å². The summed E-state index contributed by atoms with van der Waals surface area (Å²) in [5.41, 5.74) is 5.43. The van der Waals surface area contributed by atoms with Crippen molar-refractivity contribution in [1.29, 1.82) is 0 Å². The van der Waals surface area contributed by atoms with Gasteiger partial charge in [-0.15, -0.1) is 0 Å². The molecular formula is C12H22N2O. The first-order chi connectivity index (χ1) is 7.24. The van der Waals surface area contributed by atoms with Crippen LogP contribution in [0.15, 0.2) is 0 Å². The smallest absolute Gasteiger partial charge is 0.222 e. The van der Waals surface area contributed by atoms with Crippen molar-refractivity contribution in [2.45, 2.75) is 44.6 Å². The van der Waals surface area contributed by atoms with Gasteiger partial charge in [-0.25, -0.2) is 0 Å². The van der Waals surface area contributed by atoms with Gasteiger partial charge >= 0.3 is 0 Å². The quantitative estimate of drug-likeness (QED) is 0.719. The predicted octanol–water partition coefficient (Wildman–Crippen LogP) is 1.37. The molecule has 2 aliphatic carbocycles. The lowest BCUT2D eigenvalue weighted by Crippen LogP contribution is -2.40. The number of carbonyl (C=O) groups is 1. The van der Waals surface area contributed by atoms with E-state index in [1.807, 2.05) is 11.9 Å². The fourth-order valence-electron chi connectivity index (χ4n) is 2.49. The average molecular weight is 210 g/mol. The maximum atomic E-state index is 11.9. The molecule has 2 rings (SSSR count). The Labute approximate surface area is 92.0 Å². The Morgan fingerprint density at radius 1 is 1.33 bits per heavy atom. The van der Waals surface area contributed by atoms with Crippen LogP contribution in [0.3, 0.4) is 0 Å². The van der Waals surface area contributed by atoms with E-state index in [0.29, 0.717) is 24.9 Å². The van der Waals surface area contributed by atoms with Crippen LogP contribution >= 0.6 is 0 Å². The molecule has 1 amide bonds. The van der Waals surface area contributed by atoms with E-state index in [1.54, 1.807) is 0 Å². The van der Waals surface area contributed by atoms with Crippen LogP contribution < -0.4 is 5.73 Å². The molecular weight excluding hydrogens is 188 g/mol. The lowest BCUT2D eigenvalue weighted by atomic mass is 10.1. The molecule has 0 aliphatic heterocycles. The minimum Gasteiger partial charge on any atom is -0.342 e. The maximum Gasteiger partial charge on any atom is 0.222 e. The fourth-order valence-corrected chi connectivity index (χ4v) is 2.49. The van der Waals surface area contributed by atoms with Crippen LogP contribution in [0.5, 0.6) is 0 Å². The van der Waals surface area contributed by atoms with E-state index in [-0.39, 0.29) is 0 Å². The Morgan fingerprint density at radius 2 is 1.87 bits per heavy atom. The molecule has 0 aromatic rings. The molecule has 3 heteroatoms. The molecule has 3 nitrogen and oxygen atoms in total. The van der Waals surface area contributed by atoms with Gasteiger partial charge in [-0.1, -0.05) is 0 Å². The second-order valence-electron chi connectivity index (χ2n) is 5.06. The van der Waals surface area contributed by atoms with Gasteiger partial charge in [-0.3, -0.25) is 4.79 Å². The molecule has 0 radical (unpaired) electrons. The van der Waals surface area contributed by atoms with Crippen molar-refractivity contribution < 1.29 is 4.79 Å². The molecule has 2 fully saturated rings. The van der Waals surface area contributed by atoms with Gasteiger partial charge in [0.15, 0.2) is 0 Å². The summed E-state index contributed by atoms with van der Waals surface area (Å²) in [5, 5.41) is 0. The molecule has 0 aromatic carbocycles. The van der Waals surface area contributed by atoms with Crippen LogP contribution in [-0.4, -0.2) is 30.4 Å². The van der Waals surface area contributed by atoms with Crippen LogP contribution in [0.4, 0.5) is 0 Å². The third kappa shape index (κ3) is 2.71. The molecule has 0 heterocycles. The van der Waals surface area contributed by atoms with Gasteiger partial charge in [0, 0.05) is 19.5 Å². The topological polar surface area (TPSA) is 46.3 Å². The molecule has 2 N–H and O–H groups in total. The van der Waals surface area contributed by atoms with E-state index >= 15 is 0 Å². The van der Waals surface area contributed by atoms with Crippen molar-refractivity contribution in [3.8, 4) is 0 Å². The molecule has 0 saturated heterocycles. The SMILES string of the molecule is CN(C(=O)CCCN)C(C1CC1)C1CC1. The summed E-state index contributed by atoms with van der Waals surface area (Å²) >= 11 is 0. The Morgan fingerprint density at radius 3 is 2.27 bits per heavy atom. The molecule has 0 aromatic heterocycles. The van der Waals surface area contributed by atoms with E-state index in [1.165, 1.54) is 25.7 Å². The summed E-state index contributed by atoms with van der Waals surface area (Å²) in [6, 6.07) is 0.551. The van der Waals surface area contributed by atoms with Crippen molar-refractivity contribution in [1.82, 2.24) is 4.90 Å². The lowest BCUT2D eigenvalue weighted by molar-refractivity contribution is -0.132. The highest BCUT2D eigenvalue weighted by Gasteiger charge is 2.44. The molecule has 0 atom stereocenters. The van der Waals surface area contributed by atoms with Crippen LogP contribution in [0.2, 0.25) is 0 Å². The van der Waals surface area contributed by atoms with Crippen molar-refractivity contribution in [3.63, 3.8) is 0 Å². The predicted molar refractivity (Wildman–Crippen MR) is 60.3 cm³/mol. The minimum atomic E-state index is 0.296. The number of hydrogen-bond donors (Lipinski definition) is 1. The van der Waals surface area contributed by atoms with Crippen molar-refractivity contribution in [3.05, 3.63) is 0 Å². The first kappa shape index (κ1) is 10.9. The van der Waals surface area contributed by atoms with E-state index in [4.69, 9.17) is 5.73 Å². The van der Waals surface area contributed by atoms with E-state index in [9.17, 15) is 4.79 Å². The molecule has 0 unspecified atom stereocenters. The van der Waals surface area contributed by atoms with Gasteiger partial charge in [0.1, 0.15) is 0 Å². The Bertz CT molecular complexity index is 222. The number of amides is 1. The van der Waals surface area contributed by atoms with Gasteiger partial charge in [-0.2, -0.15) is 0 Å². The normalized spacial score (nSPS) is 20.7. The zero-order chi connectivity index (χ0) is 10.8. The average Bonchev–Trinajstić information content (AvgIpc) is 3.06. The summed E-state index contributed by atoms with van der Waals surface area (Å²) in [6.07, 6.45) is 6.77. The number of carbonyl (C=O) groups excluding carboxylic acids is 1. The largest absolute Gasteiger partial charge is 0.342 e. The summed E-state index contributed by atoms with van der Waals surface area (Å²) in [5.74, 6) is 1.91. The maximum absolute atomic E-state index is 11.9. The zero-order valence-corrected chi connectivity index (χ0v) is 9.61. The molecule has 2 aliphatic rings. The molecule has 0 bridgehead atoms. The minimum absolute atomic E-state index is 0.296. The van der Waals surface area contributed by atoms with Gasteiger partial charge < -0.3 is 10.6 Å². The zero-order valence-electron chi connectivity index (χ0n) is 9.61. The number of hydrogen-bond acceptors (Lipinski definition) is 2. The molecule has 0 spiro atoms. The van der Waals surface area contributed by atoms with E-state index in [0.717, 1.165) is 18.3 Å². The summed E-state index contributed by atoms with van der Waals surface area (Å²) < 4.78 is 0. The van der Waals surface area contributed by atoms with E-state index < -0.39 is 0 Å². The Kier molecular flexibility index (Phi) is 3.29. The van der Waals surface area contributed by atoms with Crippen LogP contribution in [0, 0.1) is 11.8 Å². The summed E-state index contributed by atoms with van der Waals surface area (Å²) in [7, 11) is 1.99. The summed E-state index contributed by atoms with van der Waals surface area (Å²) in [6.45, 7) is 0.622. The standard InChI is InChI=1S/C12H22N2O/c1-14(11(15)3-2-8-13)12(9-4-5-9)10-6-7-10/h9-10,12H,2-8,13H2,1H3. The third-order valence-corrected chi connectivity index (χ3v) is 3.65. The monoisotopic (exact) mass is 210 g/mol. The van der Waals surface area contributed by atoms with E-state index in [2.05, 4.69) is 0 Å². The van der Waals surface area contributed by atoms with Crippen molar-refractivity contribution in [2.75, 3.05) is 13.6 Å². The molecule has 15 heavy (non-hydrogen) atoms. The highest BCUT2D eigenvalue weighted by molar-refractivity contribution is 5.76. The first-order valence-electron chi connectivity index (χ1n) is 6.19. The second-order valence-corrected chi connectivity index (χ2v) is 5.06. The number of nitrogens with zero attached hydrogens (tertiary/aromatic N) is 1. The third-order valence-electron chi connectivity index (χ3n) is 3.65. The Hall–Kier alpha value is -0.570.